The smallest absolute Gasteiger partial charge is 0.234 e. The lowest BCUT2D eigenvalue weighted by Crippen LogP contribution is -2.14. The first-order valence-electron chi connectivity index (χ1n) is 10.4. The lowest BCUT2D eigenvalue weighted by molar-refractivity contribution is -0.113. The first-order valence-corrected chi connectivity index (χ1v) is 11.4. The zero-order chi connectivity index (χ0) is 20.3. The molecule has 2 saturated carbocycles. The quantitative estimate of drug-likeness (QED) is 0.504. The van der Waals surface area contributed by atoms with Crippen molar-refractivity contribution in [3.05, 3.63) is 66.0 Å². The molecule has 3 aromatic rings. The van der Waals surface area contributed by atoms with Crippen LogP contribution in [0.4, 0.5) is 5.69 Å². The summed E-state index contributed by atoms with van der Waals surface area (Å²) in [5.41, 5.74) is 1.88. The van der Waals surface area contributed by atoms with E-state index in [1.165, 1.54) is 37.4 Å². The fourth-order valence-corrected chi connectivity index (χ4v) is 4.20. The molecule has 0 unspecified atom stereocenters. The van der Waals surface area contributed by atoms with Crippen LogP contribution in [0.25, 0.3) is 0 Å². The largest absolute Gasteiger partial charge is 0.489 e. The number of hydrogen-bond acceptors (Lipinski definition) is 5. The van der Waals surface area contributed by atoms with Gasteiger partial charge in [-0.05, 0) is 55.5 Å². The SMILES string of the molecule is O=C(CSc1nnc(C2CC2)n1C1CC1)Nc1ccc(OCc2ccccc2)cc1. The van der Waals surface area contributed by atoms with Crippen LogP contribution in [0.15, 0.2) is 59.8 Å². The number of nitrogens with zero attached hydrogens (tertiary/aromatic N) is 3. The summed E-state index contributed by atoms with van der Waals surface area (Å²) < 4.78 is 8.06. The summed E-state index contributed by atoms with van der Waals surface area (Å²) >= 11 is 1.47. The normalized spacial score (nSPS) is 15.7. The van der Waals surface area contributed by atoms with Gasteiger partial charge >= 0.3 is 0 Å². The van der Waals surface area contributed by atoms with Crippen molar-refractivity contribution < 1.29 is 9.53 Å². The predicted molar refractivity (Wildman–Crippen MR) is 117 cm³/mol. The van der Waals surface area contributed by atoms with Crippen LogP contribution < -0.4 is 10.1 Å². The molecule has 2 aromatic carbocycles. The Labute approximate surface area is 180 Å². The minimum atomic E-state index is -0.0451. The molecule has 0 bridgehead atoms. The average Bonchev–Trinajstić information content (AvgIpc) is 3.71. The molecule has 0 saturated heterocycles. The highest BCUT2D eigenvalue weighted by Crippen LogP contribution is 2.45. The number of carbonyl (C=O) groups excluding carboxylic acids is 1. The van der Waals surface area contributed by atoms with E-state index in [2.05, 4.69) is 20.1 Å². The molecule has 154 valence electrons. The van der Waals surface area contributed by atoms with Gasteiger partial charge in [0, 0.05) is 17.6 Å². The van der Waals surface area contributed by atoms with Crippen molar-refractivity contribution in [1.82, 2.24) is 14.8 Å². The molecule has 7 heteroatoms. The first kappa shape index (κ1) is 19.2. The molecule has 0 aliphatic heterocycles. The van der Waals surface area contributed by atoms with Gasteiger partial charge in [0.2, 0.25) is 5.91 Å². The summed E-state index contributed by atoms with van der Waals surface area (Å²) in [6.07, 6.45) is 4.80. The van der Waals surface area contributed by atoms with Crippen molar-refractivity contribution in [3.8, 4) is 5.75 Å². The van der Waals surface area contributed by atoms with Gasteiger partial charge in [-0.1, -0.05) is 42.1 Å². The maximum absolute atomic E-state index is 12.4. The third kappa shape index (κ3) is 4.67. The van der Waals surface area contributed by atoms with Gasteiger partial charge in [-0.15, -0.1) is 10.2 Å². The van der Waals surface area contributed by atoms with E-state index in [0.717, 1.165) is 28.0 Å². The third-order valence-corrected chi connectivity index (χ3v) is 6.21. The predicted octanol–water partition coefficient (Wildman–Crippen LogP) is 4.80. The van der Waals surface area contributed by atoms with Crippen LogP contribution in [-0.2, 0) is 11.4 Å². The standard InChI is InChI=1S/C23H24N4O2S/c28-21(15-30-23-26-25-22(17-6-7-17)27(23)19-10-11-19)24-18-8-12-20(13-9-18)29-14-16-4-2-1-3-5-16/h1-5,8-9,12-13,17,19H,6-7,10-11,14-15H2,(H,24,28). The molecule has 5 rings (SSSR count). The lowest BCUT2D eigenvalue weighted by Gasteiger charge is -2.09. The van der Waals surface area contributed by atoms with Crippen molar-refractivity contribution in [2.45, 2.75) is 49.4 Å². The second kappa shape index (κ2) is 8.52. The van der Waals surface area contributed by atoms with Gasteiger partial charge in [0.15, 0.2) is 5.16 Å². The molecule has 6 nitrogen and oxygen atoms in total. The van der Waals surface area contributed by atoms with Crippen LogP contribution in [0.2, 0.25) is 0 Å². The Morgan fingerprint density at radius 3 is 2.50 bits per heavy atom. The van der Waals surface area contributed by atoms with Crippen molar-refractivity contribution in [2.24, 2.45) is 0 Å². The van der Waals surface area contributed by atoms with E-state index in [0.29, 0.717) is 24.3 Å². The molecule has 1 amide bonds. The number of ether oxygens (including phenoxy) is 1. The second-order valence-corrected chi connectivity index (χ2v) is 8.79. The minimum Gasteiger partial charge on any atom is -0.489 e. The van der Waals surface area contributed by atoms with Crippen LogP contribution in [0.3, 0.4) is 0 Å². The van der Waals surface area contributed by atoms with Crippen LogP contribution in [0.1, 0.15) is 49.0 Å². The summed E-state index contributed by atoms with van der Waals surface area (Å²) in [7, 11) is 0. The van der Waals surface area contributed by atoms with E-state index < -0.39 is 0 Å². The first-order chi connectivity index (χ1) is 14.8. The zero-order valence-corrected chi connectivity index (χ0v) is 17.5. The Balaban J connectivity index is 1.13. The highest BCUT2D eigenvalue weighted by atomic mass is 32.2. The van der Waals surface area contributed by atoms with Gasteiger partial charge in [-0.3, -0.25) is 4.79 Å². The van der Waals surface area contributed by atoms with E-state index in [9.17, 15) is 4.79 Å². The second-order valence-electron chi connectivity index (χ2n) is 7.85. The molecular formula is C23H24N4O2S. The molecular weight excluding hydrogens is 396 g/mol. The van der Waals surface area contributed by atoms with Gasteiger partial charge in [0.25, 0.3) is 0 Å². The molecule has 2 fully saturated rings. The highest BCUT2D eigenvalue weighted by Gasteiger charge is 2.36. The lowest BCUT2D eigenvalue weighted by atomic mass is 10.2. The summed E-state index contributed by atoms with van der Waals surface area (Å²) in [5, 5.41) is 12.6. The number of hydrogen-bond donors (Lipinski definition) is 1. The molecule has 1 heterocycles. The molecule has 0 atom stereocenters. The highest BCUT2D eigenvalue weighted by molar-refractivity contribution is 7.99. The summed E-state index contributed by atoms with van der Waals surface area (Å²) in [4.78, 5) is 12.4. The summed E-state index contributed by atoms with van der Waals surface area (Å²) in [6.45, 7) is 0.522. The van der Waals surface area contributed by atoms with Crippen molar-refractivity contribution in [3.63, 3.8) is 0 Å². The van der Waals surface area contributed by atoms with Crippen molar-refractivity contribution in [1.29, 1.82) is 0 Å². The van der Waals surface area contributed by atoms with Crippen LogP contribution in [-0.4, -0.2) is 26.4 Å². The van der Waals surface area contributed by atoms with E-state index in [1.54, 1.807) is 0 Å². The summed E-state index contributed by atoms with van der Waals surface area (Å²) in [6, 6.07) is 18.0. The Hall–Kier alpha value is -2.80. The molecule has 30 heavy (non-hydrogen) atoms. The minimum absolute atomic E-state index is 0.0451. The number of carbonyl (C=O) groups is 1. The molecule has 0 radical (unpaired) electrons. The number of anilines is 1. The number of benzene rings is 2. The number of rotatable bonds is 9. The Morgan fingerprint density at radius 1 is 1.03 bits per heavy atom. The number of nitrogens with one attached hydrogen (secondary N) is 1. The fraction of sp³-hybridized carbons (Fsp3) is 0.348. The molecule has 2 aliphatic rings. The Morgan fingerprint density at radius 2 is 1.80 bits per heavy atom. The van der Waals surface area contributed by atoms with Crippen LogP contribution in [0, 0.1) is 0 Å². The molecule has 0 spiro atoms. The maximum atomic E-state index is 12.4. The van der Waals surface area contributed by atoms with Crippen molar-refractivity contribution >= 4 is 23.4 Å². The maximum Gasteiger partial charge on any atom is 0.234 e. The third-order valence-electron chi connectivity index (χ3n) is 5.26. The topological polar surface area (TPSA) is 69.0 Å². The van der Waals surface area contributed by atoms with Gasteiger partial charge < -0.3 is 14.6 Å². The average molecular weight is 421 g/mol. The fourth-order valence-electron chi connectivity index (χ4n) is 3.39. The van der Waals surface area contributed by atoms with E-state index in [-0.39, 0.29) is 5.91 Å². The molecule has 1 aromatic heterocycles. The zero-order valence-electron chi connectivity index (χ0n) is 16.7. The number of aromatic nitrogens is 3. The van der Waals surface area contributed by atoms with Gasteiger partial charge in [0.05, 0.1) is 5.75 Å². The summed E-state index contributed by atoms with van der Waals surface area (Å²) in [5.74, 6) is 2.74. The van der Waals surface area contributed by atoms with E-state index >= 15 is 0 Å². The van der Waals surface area contributed by atoms with E-state index in [1.807, 2.05) is 54.6 Å². The number of thioether (sulfide) groups is 1. The molecule has 2 aliphatic carbocycles. The van der Waals surface area contributed by atoms with Crippen molar-refractivity contribution in [2.75, 3.05) is 11.1 Å². The van der Waals surface area contributed by atoms with Gasteiger partial charge in [-0.25, -0.2) is 0 Å². The van der Waals surface area contributed by atoms with Gasteiger partial charge in [0.1, 0.15) is 18.2 Å². The Kier molecular flexibility index (Phi) is 5.45. The molecule has 1 N–H and O–H groups in total. The number of amides is 1. The van der Waals surface area contributed by atoms with Crippen LogP contribution in [0.5, 0.6) is 5.75 Å². The van der Waals surface area contributed by atoms with Crippen LogP contribution >= 0.6 is 11.8 Å². The monoisotopic (exact) mass is 420 g/mol. The van der Waals surface area contributed by atoms with E-state index in [4.69, 9.17) is 4.74 Å². The Bertz CT molecular complexity index is 1010. The van der Waals surface area contributed by atoms with Gasteiger partial charge in [-0.2, -0.15) is 0 Å².